The van der Waals surface area contributed by atoms with Gasteiger partial charge in [-0.2, -0.15) is 0 Å². The molecule has 9 nitrogen and oxygen atoms in total. The summed E-state index contributed by atoms with van der Waals surface area (Å²) < 4.78 is 15.2. The Hall–Kier alpha value is -3.36. The van der Waals surface area contributed by atoms with Gasteiger partial charge in [0.2, 0.25) is 5.91 Å². The molecule has 28 heavy (non-hydrogen) atoms. The Morgan fingerprint density at radius 2 is 1.93 bits per heavy atom. The van der Waals surface area contributed by atoms with Gasteiger partial charge in [0.25, 0.3) is 5.91 Å². The van der Waals surface area contributed by atoms with Crippen LogP contribution in [0.1, 0.15) is 30.4 Å². The van der Waals surface area contributed by atoms with Gasteiger partial charge in [-0.1, -0.05) is 5.16 Å². The number of nitrogens with zero attached hydrogens (tertiary/aromatic N) is 1. The summed E-state index contributed by atoms with van der Waals surface area (Å²) in [7, 11) is 1.46. The maximum Gasteiger partial charge on any atom is 0.306 e. The third kappa shape index (κ3) is 5.83. The second-order valence-corrected chi connectivity index (χ2v) is 6.11. The molecular weight excluding hydrogens is 366 g/mol. The maximum atomic E-state index is 12.1. The number of aromatic nitrogens is 1. The van der Waals surface area contributed by atoms with Gasteiger partial charge in [-0.05, 0) is 38.5 Å². The SMILES string of the molecule is COc1ccc(NC(C)=O)cc1NC(=O)COC(=O)CCc1c(C)noc1C. The number of benzene rings is 1. The van der Waals surface area contributed by atoms with E-state index in [1.165, 1.54) is 14.0 Å². The Bertz CT molecular complexity index is 855. The van der Waals surface area contributed by atoms with Gasteiger partial charge in [0.15, 0.2) is 6.61 Å². The number of anilines is 2. The number of ether oxygens (including phenoxy) is 2. The molecule has 0 atom stereocenters. The molecule has 150 valence electrons. The molecule has 9 heteroatoms. The second-order valence-electron chi connectivity index (χ2n) is 6.11. The van der Waals surface area contributed by atoms with Gasteiger partial charge in [-0.3, -0.25) is 14.4 Å². The highest BCUT2D eigenvalue weighted by molar-refractivity contribution is 5.96. The van der Waals surface area contributed by atoms with Gasteiger partial charge in [0.05, 0.1) is 18.5 Å². The lowest BCUT2D eigenvalue weighted by atomic mass is 10.1. The van der Waals surface area contributed by atoms with Crippen LogP contribution in [0.3, 0.4) is 0 Å². The third-order valence-corrected chi connectivity index (χ3v) is 3.92. The van der Waals surface area contributed by atoms with Crippen LogP contribution in [0.4, 0.5) is 11.4 Å². The summed E-state index contributed by atoms with van der Waals surface area (Å²) in [4.78, 5) is 35.2. The van der Waals surface area contributed by atoms with Crippen molar-refractivity contribution in [1.82, 2.24) is 5.16 Å². The maximum absolute atomic E-state index is 12.1. The number of rotatable bonds is 8. The fourth-order valence-corrected chi connectivity index (χ4v) is 2.58. The molecule has 0 spiro atoms. The lowest BCUT2D eigenvalue weighted by Crippen LogP contribution is -2.21. The van der Waals surface area contributed by atoms with E-state index in [-0.39, 0.29) is 12.3 Å². The summed E-state index contributed by atoms with van der Waals surface area (Å²) in [5.41, 5.74) is 2.45. The zero-order valence-electron chi connectivity index (χ0n) is 16.3. The Kier molecular flexibility index (Phi) is 7.14. The fraction of sp³-hybridized carbons (Fsp3) is 0.368. The number of amides is 2. The smallest absolute Gasteiger partial charge is 0.306 e. The zero-order chi connectivity index (χ0) is 20.7. The fourth-order valence-electron chi connectivity index (χ4n) is 2.58. The number of carbonyl (C=O) groups is 3. The summed E-state index contributed by atoms with van der Waals surface area (Å²) in [5, 5.41) is 9.04. The van der Waals surface area contributed by atoms with Gasteiger partial charge >= 0.3 is 5.97 Å². The number of carbonyl (C=O) groups excluding carboxylic acids is 3. The number of hydrogen-bond donors (Lipinski definition) is 2. The quantitative estimate of drug-likeness (QED) is 0.665. The van der Waals surface area contributed by atoms with E-state index < -0.39 is 18.5 Å². The molecule has 0 saturated carbocycles. The molecule has 0 aliphatic rings. The van der Waals surface area contributed by atoms with Crippen LogP contribution in [-0.4, -0.2) is 36.7 Å². The molecule has 0 aliphatic heterocycles. The largest absolute Gasteiger partial charge is 0.495 e. The molecule has 1 heterocycles. The summed E-state index contributed by atoms with van der Waals surface area (Å²) in [5.74, 6) is -0.200. The van der Waals surface area contributed by atoms with Gasteiger partial charge in [-0.25, -0.2) is 0 Å². The van der Waals surface area contributed by atoms with Crippen molar-refractivity contribution in [2.75, 3.05) is 24.4 Å². The van der Waals surface area contributed by atoms with Crippen LogP contribution in [0.5, 0.6) is 5.75 Å². The number of methoxy groups -OCH3 is 1. The molecular formula is C19H23N3O6. The third-order valence-electron chi connectivity index (χ3n) is 3.92. The first-order chi connectivity index (χ1) is 13.3. The van der Waals surface area contributed by atoms with E-state index in [1.54, 1.807) is 32.0 Å². The first kappa shape index (κ1) is 20.9. The van der Waals surface area contributed by atoms with Crippen LogP contribution < -0.4 is 15.4 Å². The number of esters is 1. The molecule has 2 amide bonds. The molecule has 1 aromatic carbocycles. The van der Waals surface area contributed by atoms with Crippen molar-refractivity contribution >= 4 is 29.2 Å². The summed E-state index contributed by atoms with van der Waals surface area (Å²) >= 11 is 0. The molecule has 0 radical (unpaired) electrons. The molecule has 0 saturated heterocycles. The molecule has 0 unspecified atom stereocenters. The predicted molar refractivity (Wildman–Crippen MR) is 101 cm³/mol. The van der Waals surface area contributed by atoms with Crippen molar-refractivity contribution in [3.05, 3.63) is 35.2 Å². The van der Waals surface area contributed by atoms with E-state index in [1.807, 2.05) is 0 Å². The molecule has 2 rings (SSSR count). The van der Waals surface area contributed by atoms with Gasteiger partial charge < -0.3 is 24.6 Å². The molecule has 2 N–H and O–H groups in total. The van der Waals surface area contributed by atoms with E-state index in [9.17, 15) is 14.4 Å². The monoisotopic (exact) mass is 389 g/mol. The highest BCUT2D eigenvalue weighted by atomic mass is 16.5. The second kappa shape index (κ2) is 9.54. The van der Waals surface area contributed by atoms with E-state index in [4.69, 9.17) is 14.0 Å². The Balaban J connectivity index is 1.87. The average molecular weight is 389 g/mol. The molecule has 0 fully saturated rings. The van der Waals surface area contributed by atoms with Crippen molar-refractivity contribution in [3.63, 3.8) is 0 Å². The average Bonchev–Trinajstić information content (AvgIpc) is 2.96. The summed E-state index contributed by atoms with van der Waals surface area (Å²) in [6, 6.07) is 4.80. The first-order valence-corrected chi connectivity index (χ1v) is 8.63. The van der Waals surface area contributed by atoms with Crippen LogP contribution in [0, 0.1) is 13.8 Å². The van der Waals surface area contributed by atoms with Gasteiger partial charge in [0.1, 0.15) is 11.5 Å². The van der Waals surface area contributed by atoms with Crippen molar-refractivity contribution in [1.29, 1.82) is 0 Å². The van der Waals surface area contributed by atoms with Crippen LogP contribution >= 0.6 is 0 Å². The Morgan fingerprint density at radius 3 is 2.54 bits per heavy atom. The van der Waals surface area contributed by atoms with Crippen molar-refractivity contribution in [3.8, 4) is 5.75 Å². The minimum absolute atomic E-state index is 0.109. The highest BCUT2D eigenvalue weighted by Gasteiger charge is 2.14. The normalized spacial score (nSPS) is 10.3. The van der Waals surface area contributed by atoms with E-state index in [2.05, 4.69) is 15.8 Å². The van der Waals surface area contributed by atoms with E-state index in [0.717, 1.165) is 11.3 Å². The Labute approximate surface area is 162 Å². The van der Waals surface area contributed by atoms with Crippen molar-refractivity contribution < 1.29 is 28.4 Å². The summed E-state index contributed by atoms with van der Waals surface area (Å²) in [6.45, 7) is 4.52. The van der Waals surface area contributed by atoms with Gasteiger partial charge in [0, 0.05) is 24.6 Å². The van der Waals surface area contributed by atoms with Crippen LogP contribution in [0.2, 0.25) is 0 Å². The standard InChI is InChI=1S/C19H23N3O6/c1-11-15(12(2)28-22-11)6-8-19(25)27-10-18(24)21-16-9-14(20-13(3)23)5-7-17(16)26-4/h5,7,9H,6,8,10H2,1-4H3,(H,20,23)(H,21,24). The molecule has 1 aromatic heterocycles. The first-order valence-electron chi connectivity index (χ1n) is 8.63. The van der Waals surface area contributed by atoms with E-state index >= 15 is 0 Å². The topological polar surface area (TPSA) is 120 Å². The van der Waals surface area contributed by atoms with Crippen LogP contribution in [-0.2, 0) is 25.5 Å². The van der Waals surface area contributed by atoms with Gasteiger partial charge in [-0.15, -0.1) is 0 Å². The number of nitrogens with one attached hydrogen (secondary N) is 2. The van der Waals surface area contributed by atoms with Crippen LogP contribution in [0.25, 0.3) is 0 Å². The minimum Gasteiger partial charge on any atom is -0.495 e. The van der Waals surface area contributed by atoms with E-state index in [0.29, 0.717) is 29.3 Å². The lowest BCUT2D eigenvalue weighted by Gasteiger charge is -2.12. The van der Waals surface area contributed by atoms with Crippen LogP contribution in [0.15, 0.2) is 22.7 Å². The lowest BCUT2D eigenvalue weighted by molar-refractivity contribution is -0.147. The molecule has 0 bridgehead atoms. The highest BCUT2D eigenvalue weighted by Crippen LogP contribution is 2.27. The minimum atomic E-state index is -0.524. The number of aryl methyl sites for hydroxylation is 2. The molecule has 2 aromatic rings. The Morgan fingerprint density at radius 1 is 1.18 bits per heavy atom. The number of hydrogen-bond acceptors (Lipinski definition) is 7. The summed E-state index contributed by atoms with van der Waals surface area (Å²) in [6.07, 6.45) is 0.533. The zero-order valence-corrected chi connectivity index (χ0v) is 16.3. The van der Waals surface area contributed by atoms with Crippen molar-refractivity contribution in [2.24, 2.45) is 0 Å². The van der Waals surface area contributed by atoms with Crippen molar-refractivity contribution in [2.45, 2.75) is 33.6 Å². The predicted octanol–water partition coefficient (Wildman–Crippen LogP) is 2.37. The molecule has 0 aliphatic carbocycles.